The number of anilines is 1. The van der Waals surface area contributed by atoms with E-state index >= 15 is 0 Å². The molecule has 0 fully saturated rings. The smallest absolute Gasteiger partial charge is 0.127 e. The zero-order valence-corrected chi connectivity index (χ0v) is 12.5. The fraction of sp³-hybridized carbons (Fsp3) is 0.467. The first kappa shape index (κ1) is 14.5. The van der Waals surface area contributed by atoms with Gasteiger partial charge in [0, 0.05) is 50.2 Å². The highest BCUT2D eigenvalue weighted by molar-refractivity contribution is 5.38. The van der Waals surface area contributed by atoms with Crippen molar-refractivity contribution >= 4 is 5.82 Å². The molecule has 0 saturated heterocycles. The summed E-state index contributed by atoms with van der Waals surface area (Å²) in [4.78, 5) is 6.54. The van der Waals surface area contributed by atoms with Gasteiger partial charge in [0.15, 0.2) is 0 Å². The van der Waals surface area contributed by atoms with Crippen LogP contribution in [0.2, 0.25) is 0 Å². The Kier molecular flexibility index (Phi) is 4.74. The summed E-state index contributed by atoms with van der Waals surface area (Å²) in [6, 6.07) is 3.97. The van der Waals surface area contributed by atoms with E-state index in [2.05, 4.69) is 35.0 Å². The van der Waals surface area contributed by atoms with Crippen molar-refractivity contribution in [3.05, 3.63) is 41.9 Å². The Morgan fingerprint density at radius 2 is 2.15 bits per heavy atom. The molecular formula is C15H23N5. The van der Waals surface area contributed by atoms with E-state index in [9.17, 15) is 0 Å². The highest BCUT2D eigenvalue weighted by Gasteiger charge is 2.12. The van der Waals surface area contributed by atoms with E-state index in [-0.39, 0.29) is 0 Å². The van der Waals surface area contributed by atoms with Gasteiger partial charge in [0.25, 0.3) is 0 Å². The number of hydrogen-bond donors (Lipinski definition) is 1. The third-order valence-electron chi connectivity index (χ3n) is 3.11. The van der Waals surface area contributed by atoms with E-state index in [0.717, 1.165) is 25.2 Å². The maximum atomic E-state index is 5.94. The Balaban J connectivity index is 2.09. The monoisotopic (exact) mass is 273 g/mol. The molecule has 0 aromatic carbocycles. The van der Waals surface area contributed by atoms with E-state index in [1.807, 2.05) is 30.1 Å². The number of aryl methyl sites for hydroxylation is 1. The largest absolute Gasteiger partial charge is 0.383 e. The minimum absolute atomic E-state index is 0.601. The third kappa shape index (κ3) is 4.06. The summed E-state index contributed by atoms with van der Waals surface area (Å²) in [5, 5.41) is 4.23. The lowest BCUT2D eigenvalue weighted by Crippen LogP contribution is -2.27. The fourth-order valence-electron chi connectivity index (χ4n) is 2.34. The van der Waals surface area contributed by atoms with Crippen molar-refractivity contribution in [3.63, 3.8) is 0 Å². The molecular weight excluding hydrogens is 250 g/mol. The first-order valence-corrected chi connectivity index (χ1v) is 6.94. The van der Waals surface area contributed by atoms with Gasteiger partial charge in [0.1, 0.15) is 5.82 Å². The van der Waals surface area contributed by atoms with Gasteiger partial charge >= 0.3 is 0 Å². The minimum Gasteiger partial charge on any atom is -0.383 e. The number of nitrogen functional groups attached to an aromatic ring is 1. The summed E-state index contributed by atoms with van der Waals surface area (Å²) in [6.07, 6.45) is 5.70. The lowest BCUT2D eigenvalue weighted by molar-refractivity contribution is 0.228. The van der Waals surface area contributed by atoms with Crippen molar-refractivity contribution in [2.75, 3.05) is 12.3 Å². The van der Waals surface area contributed by atoms with Crippen LogP contribution in [0.25, 0.3) is 0 Å². The minimum atomic E-state index is 0.601. The van der Waals surface area contributed by atoms with Crippen LogP contribution in [0.15, 0.2) is 30.7 Å². The van der Waals surface area contributed by atoms with Gasteiger partial charge in [-0.25, -0.2) is 4.98 Å². The molecule has 0 aliphatic carbocycles. The van der Waals surface area contributed by atoms with Crippen LogP contribution >= 0.6 is 0 Å². The Bertz CT molecular complexity index is 547. The third-order valence-corrected chi connectivity index (χ3v) is 3.11. The van der Waals surface area contributed by atoms with E-state index in [4.69, 9.17) is 5.73 Å². The van der Waals surface area contributed by atoms with E-state index in [1.54, 1.807) is 6.20 Å². The maximum Gasteiger partial charge on any atom is 0.127 e. The molecule has 0 atom stereocenters. The van der Waals surface area contributed by atoms with Gasteiger partial charge in [-0.3, -0.25) is 9.58 Å². The maximum absolute atomic E-state index is 5.94. The van der Waals surface area contributed by atoms with Crippen LogP contribution in [-0.2, 0) is 20.1 Å². The van der Waals surface area contributed by atoms with E-state index in [1.165, 1.54) is 5.56 Å². The molecule has 5 heteroatoms. The number of nitrogens with zero attached hydrogens (tertiary/aromatic N) is 4. The Morgan fingerprint density at radius 3 is 2.75 bits per heavy atom. The van der Waals surface area contributed by atoms with E-state index in [0.29, 0.717) is 11.7 Å². The highest BCUT2D eigenvalue weighted by atomic mass is 15.2. The van der Waals surface area contributed by atoms with Crippen LogP contribution in [-0.4, -0.2) is 26.2 Å². The lowest BCUT2D eigenvalue weighted by Gasteiger charge is -2.24. The van der Waals surface area contributed by atoms with Crippen molar-refractivity contribution in [1.29, 1.82) is 0 Å². The zero-order chi connectivity index (χ0) is 14.5. The van der Waals surface area contributed by atoms with Gasteiger partial charge in [-0.1, -0.05) is 19.9 Å². The fourth-order valence-corrected chi connectivity index (χ4v) is 2.34. The van der Waals surface area contributed by atoms with Crippen LogP contribution < -0.4 is 5.73 Å². The molecule has 0 saturated carbocycles. The highest BCUT2D eigenvalue weighted by Crippen LogP contribution is 2.14. The molecule has 0 bridgehead atoms. The van der Waals surface area contributed by atoms with Crippen LogP contribution in [0.3, 0.4) is 0 Å². The van der Waals surface area contributed by atoms with Gasteiger partial charge in [0.05, 0.1) is 6.20 Å². The summed E-state index contributed by atoms with van der Waals surface area (Å²) >= 11 is 0. The van der Waals surface area contributed by atoms with Crippen LogP contribution in [0.5, 0.6) is 0 Å². The number of pyridine rings is 1. The molecule has 2 rings (SSSR count). The van der Waals surface area contributed by atoms with Crippen molar-refractivity contribution in [2.45, 2.75) is 26.9 Å². The molecule has 20 heavy (non-hydrogen) atoms. The quantitative estimate of drug-likeness (QED) is 0.875. The van der Waals surface area contributed by atoms with Gasteiger partial charge in [0.2, 0.25) is 0 Å². The molecule has 0 amide bonds. The van der Waals surface area contributed by atoms with Crippen molar-refractivity contribution < 1.29 is 0 Å². The molecule has 2 N–H and O–H groups in total. The molecule has 5 nitrogen and oxygen atoms in total. The number of aromatic nitrogens is 3. The first-order valence-electron chi connectivity index (χ1n) is 6.94. The van der Waals surface area contributed by atoms with Gasteiger partial charge < -0.3 is 5.73 Å². The molecule has 2 heterocycles. The summed E-state index contributed by atoms with van der Waals surface area (Å²) < 4.78 is 1.83. The molecule has 0 aliphatic rings. The second-order valence-electron chi connectivity index (χ2n) is 5.63. The summed E-state index contributed by atoms with van der Waals surface area (Å²) in [7, 11) is 1.94. The van der Waals surface area contributed by atoms with Crippen molar-refractivity contribution in [1.82, 2.24) is 19.7 Å². The molecule has 0 unspecified atom stereocenters. The summed E-state index contributed by atoms with van der Waals surface area (Å²) in [5.41, 5.74) is 8.24. The predicted octanol–water partition coefficient (Wildman–Crippen LogP) is 2.06. The van der Waals surface area contributed by atoms with Crippen molar-refractivity contribution in [3.8, 4) is 0 Å². The Hall–Kier alpha value is -1.88. The molecule has 108 valence electrons. The Morgan fingerprint density at radius 1 is 1.35 bits per heavy atom. The standard InChI is InChI=1S/C15H23N5/c1-12(2)8-20(10-13-7-18-19(3)9-13)11-14-5-4-6-17-15(14)16/h4-7,9,12H,8,10-11H2,1-3H3,(H2,16,17). The second-order valence-corrected chi connectivity index (χ2v) is 5.63. The topological polar surface area (TPSA) is 60.0 Å². The van der Waals surface area contributed by atoms with E-state index < -0.39 is 0 Å². The van der Waals surface area contributed by atoms with Gasteiger partial charge in [-0.2, -0.15) is 5.10 Å². The number of hydrogen-bond acceptors (Lipinski definition) is 4. The molecule has 2 aromatic heterocycles. The predicted molar refractivity (Wildman–Crippen MR) is 80.8 cm³/mol. The van der Waals surface area contributed by atoms with Gasteiger partial charge in [-0.15, -0.1) is 0 Å². The van der Waals surface area contributed by atoms with Gasteiger partial charge in [-0.05, 0) is 12.0 Å². The summed E-state index contributed by atoms with van der Waals surface area (Å²) in [6.45, 7) is 7.15. The van der Waals surface area contributed by atoms with Crippen LogP contribution in [0, 0.1) is 5.92 Å². The second kappa shape index (κ2) is 6.52. The van der Waals surface area contributed by atoms with Crippen molar-refractivity contribution in [2.24, 2.45) is 13.0 Å². The summed E-state index contributed by atoms with van der Waals surface area (Å²) in [5.74, 6) is 1.22. The van der Waals surface area contributed by atoms with Crippen LogP contribution in [0.4, 0.5) is 5.82 Å². The molecule has 2 aromatic rings. The zero-order valence-electron chi connectivity index (χ0n) is 12.5. The Labute approximate surface area is 120 Å². The lowest BCUT2D eigenvalue weighted by atomic mass is 10.1. The number of rotatable bonds is 6. The average Bonchev–Trinajstić information content (AvgIpc) is 2.77. The normalized spacial score (nSPS) is 11.4. The molecule has 0 radical (unpaired) electrons. The molecule has 0 aliphatic heterocycles. The number of nitrogens with two attached hydrogens (primary N) is 1. The molecule has 0 spiro atoms. The average molecular weight is 273 g/mol. The first-order chi connectivity index (χ1) is 9.54. The van der Waals surface area contributed by atoms with Crippen LogP contribution in [0.1, 0.15) is 25.0 Å². The SMILES string of the molecule is CC(C)CN(Cc1cnn(C)c1)Cc1cccnc1N.